The molecular weight excluding hydrogens is 408 g/mol. The highest BCUT2D eigenvalue weighted by Crippen LogP contribution is 2.43. The summed E-state index contributed by atoms with van der Waals surface area (Å²) in [7, 11) is 0. The standard InChI is InChI=1S/C25H26F4O2/c1-2-3-4-5-6-15-7-9-16(10-8-15)18-11-12-19(25(30)31)23(28)22(18)17-13-20(26)24(29)21(27)14-17/h3-4,11-16H,2,5-10H2,1H3,(H,30,31)/b4-3+/t15-,16-. The van der Waals surface area contributed by atoms with Gasteiger partial charge in [0, 0.05) is 5.56 Å². The molecule has 0 bridgehead atoms. The molecule has 1 saturated carbocycles. The predicted molar refractivity (Wildman–Crippen MR) is 112 cm³/mol. The summed E-state index contributed by atoms with van der Waals surface area (Å²) in [5, 5.41) is 9.29. The molecule has 2 nitrogen and oxygen atoms in total. The zero-order valence-electron chi connectivity index (χ0n) is 17.4. The topological polar surface area (TPSA) is 37.3 Å². The second-order valence-electron chi connectivity index (χ2n) is 8.13. The van der Waals surface area contributed by atoms with Gasteiger partial charge < -0.3 is 5.11 Å². The third kappa shape index (κ3) is 5.17. The fourth-order valence-electron chi connectivity index (χ4n) is 4.47. The molecule has 1 fully saturated rings. The van der Waals surface area contributed by atoms with Crippen molar-refractivity contribution >= 4 is 5.97 Å². The van der Waals surface area contributed by atoms with Gasteiger partial charge in [-0.05, 0) is 86.1 Å². The van der Waals surface area contributed by atoms with E-state index < -0.39 is 34.8 Å². The normalized spacial score (nSPS) is 19.1. The van der Waals surface area contributed by atoms with Crippen LogP contribution in [0.4, 0.5) is 17.6 Å². The molecule has 2 aromatic rings. The Morgan fingerprint density at radius 2 is 1.65 bits per heavy atom. The molecule has 0 radical (unpaired) electrons. The van der Waals surface area contributed by atoms with E-state index in [2.05, 4.69) is 19.1 Å². The molecular formula is C25H26F4O2. The van der Waals surface area contributed by atoms with Crippen molar-refractivity contribution in [2.45, 2.75) is 57.8 Å². The van der Waals surface area contributed by atoms with E-state index in [9.17, 15) is 23.1 Å². The highest BCUT2D eigenvalue weighted by Gasteiger charge is 2.28. The van der Waals surface area contributed by atoms with Crippen molar-refractivity contribution in [2.24, 2.45) is 5.92 Å². The first-order valence-electron chi connectivity index (χ1n) is 10.7. The number of hydrogen-bond acceptors (Lipinski definition) is 1. The monoisotopic (exact) mass is 434 g/mol. The number of carboxylic acid groups (broad SMARTS) is 1. The van der Waals surface area contributed by atoms with Crippen molar-refractivity contribution in [3.05, 3.63) is 70.8 Å². The van der Waals surface area contributed by atoms with Gasteiger partial charge in [-0.3, -0.25) is 0 Å². The SMILES string of the molecule is CC/C=C/CC[C@H]1CC[C@H](c2ccc(C(=O)O)c(F)c2-c2cc(F)c(F)c(F)c2)CC1. The predicted octanol–water partition coefficient (Wildman–Crippen LogP) is 7.63. The Morgan fingerprint density at radius 3 is 2.23 bits per heavy atom. The molecule has 6 heteroatoms. The van der Waals surface area contributed by atoms with Crippen LogP contribution >= 0.6 is 0 Å². The van der Waals surface area contributed by atoms with Crippen molar-refractivity contribution in [2.75, 3.05) is 0 Å². The lowest BCUT2D eigenvalue weighted by Crippen LogP contribution is -2.15. The van der Waals surface area contributed by atoms with Crippen LogP contribution in [-0.4, -0.2) is 11.1 Å². The van der Waals surface area contributed by atoms with Crippen LogP contribution < -0.4 is 0 Å². The van der Waals surface area contributed by atoms with Gasteiger partial charge >= 0.3 is 5.97 Å². The van der Waals surface area contributed by atoms with E-state index in [-0.39, 0.29) is 17.0 Å². The molecule has 0 heterocycles. The van der Waals surface area contributed by atoms with Crippen LogP contribution in [0, 0.1) is 29.2 Å². The lowest BCUT2D eigenvalue weighted by molar-refractivity contribution is 0.0692. The van der Waals surface area contributed by atoms with Crippen LogP contribution in [-0.2, 0) is 0 Å². The van der Waals surface area contributed by atoms with Gasteiger partial charge in [-0.2, -0.15) is 0 Å². The highest BCUT2D eigenvalue weighted by molar-refractivity contribution is 5.90. The average molecular weight is 434 g/mol. The number of rotatable bonds is 7. The van der Waals surface area contributed by atoms with E-state index in [0.29, 0.717) is 11.5 Å². The Morgan fingerprint density at radius 1 is 1.00 bits per heavy atom. The Labute approximate surface area is 179 Å². The molecule has 1 aliphatic carbocycles. The molecule has 0 spiro atoms. The largest absolute Gasteiger partial charge is 0.478 e. The molecule has 0 aromatic heterocycles. The van der Waals surface area contributed by atoms with Crippen LogP contribution in [0.3, 0.4) is 0 Å². The maximum Gasteiger partial charge on any atom is 0.338 e. The fourth-order valence-corrected chi connectivity index (χ4v) is 4.47. The van der Waals surface area contributed by atoms with Gasteiger partial charge in [0.1, 0.15) is 5.82 Å². The molecule has 1 aliphatic rings. The maximum absolute atomic E-state index is 15.2. The van der Waals surface area contributed by atoms with Gasteiger partial charge in [-0.25, -0.2) is 22.4 Å². The van der Waals surface area contributed by atoms with Gasteiger partial charge in [0.15, 0.2) is 17.5 Å². The Hall–Kier alpha value is -2.63. The zero-order chi connectivity index (χ0) is 22.5. The van der Waals surface area contributed by atoms with Crippen LogP contribution in [0.1, 0.15) is 73.7 Å². The summed E-state index contributed by atoms with van der Waals surface area (Å²) in [4.78, 5) is 11.4. The smallest absolute Gasteiger partial charge is 0.338 e. The van der Waals surface area contributed by atoms with E-state index in [1.54, 1.807) is 0 Å². The quantitative estimate of drug-likeness (QED) is 0.276. The van der Waals surface area contributed by atoms with Crippen molar-refractivity contribution < 1.29 is 27.5 Å². The molecule has 166 valence electrons. The summed E-state index contributed by atoms with van der Waals surface area (Å²) >= 11 is 0. The Bertz CT molecular complexity index is 953. The first-order valence-corrected chi connectivity index (χ1v) is 10.7. The highest BCUT2D eigenvalue weighted by atomic mass is 19.2. The maximum atomic E-state index is 15.2. The van der Waals surface area contributed by atoms with Gasteiger partial charge in [0.05, 0.1) is 5.56 Å². The summed E-state index contributed by atoms with van der Waals surface area (Å²) < 4.78 is 56.3. The minimum Gasteiger partial charge on any atom is -0.478 e. The number of allylic oxidation sites excluding steroid dienone is 2. The molecule has 0 saturated heterocycles. The third-order valence-electron chi connectivity index (χ3n) is 6.11. The number of carboxylic acids is 1. The Kier molecular flexibility index (Phi) is 7.52. The molecule has 0 aliphatic heterocycles. The van der Waals surface area contributed by atoms with Crippen molar-refractivity contribution in [1.82, 2.24) is 0 Å². The molecule has 0 amide bonds. The zero-order valence-corrected chi connectivity index (χ0v) is 17.4. The molecule has 0 unspecified atom stereocenters. The third-order valence-corrected chi connectivity index (χ3v) is 6.11. The minimum atomic E-state index is -1.64. The van der Waals surface area contributed by atoms with Crippen LogP contribution in [0.2, 0.25) is 0 Å². The number of benzene rings is 2. The number of hydrogen-bond donors (Lipinski definition) is 1. The van der Waals surface area contributed by atoms with Gasteiger partial charge in [-0.1, -0.05) is 25.1 Å². The number of aromatic carboxylic acids is 1. The summed E-state index contributed by atoms with van der Waals surface area (Å²) in [5.41, 5.74) is -0.427. The molecule has 2 aromatic carbocycles. The average Bonchev–Trinajstić information content (AvgIpc) is 2.74. The summed E-state index contributed by atoms with van der Waals surface area (Å²) in [6.45, 7) is 2.09. The van der Waals surface area contributed by atoms with Gasteiger partial charge in [0.25, 0.3) is 0 Å². The van der Waals surface area contributed by atoms with Crippen molar-refractivity contribution in [3.63, 3.8) is 0 Å². The number of halogens is 4. The fraction of sp³-hybridized carbons (Fsp3) is 0.400. The van der Waals surface area contributed by atoms with E-state index in [1.165, 1.54) is 12.1 Å². The molecule has 1 N–H and O–H groups in total. The van der Waals surface area contributed by atoms with E-state index in [0.717, 1.165) is 57.1 Å². The first-order chi connectivity index (χ1) is 14.8. The van der Waals surface area contributed by atoms with Crippen LogP contribution in [0.5, 0.6) is 0 Å². The minimum absolute atomic E-state index is 0.0639. The first kappa shape index (κ1) is 23.0. The summed E-state index contributed by atoms with van der Waals surface area (Å²) in [6, 6.07) is 4.15. The summed E-state index contributed by atoms with van der Waals surface area (Å²) in [5.74, 6) is -6.55. The lowest BCUT2D eigenvalue weighted by Gasteiger charge is -2.30. The summed E-state index contributed by atoms with van der Waals surface area (Å²) in [6.07, 6.45) is 10.9. The van der Waals surface area contributed by atoms with E-state index in [4.69, 9.17) is 0 Å². The van der Waals surface area contributed by atoms with Crippen LogP contribution in [0.25, 0.3) is 11.1 Å². The van der Waals surface area contributed by atoms with E-state index in [1.807, 2.05) is 0 Å². The second-order valence-corrected chi connectivity index (χ2v) is 8.13. The van der Waals surface area contributed by atoms with E-state index >= 15 is 4.39 Å². The second kappa shape index (κ2) is 10.1. The Balaban J connectivity index is 1.92. The molecule has 0 atom stereocenters. The van der Waals surface area contributed by atoms with Gasteiger partial charge in [0.2, 0.25) is 0 Å². The molecule has 3 rings (SSSR count). The number of carbonyl (C=O) groups is 1. The van der Waals surface area contributed by atoms with Crippen molar-refractivity contribution in [1.29, 1.82) is 0 Å². The van der Waals surface area contributed by atoms with Crippen molar-refractivity contribution in [3.8, 4) is 11.1 Å². The lowest BCUT2D eigenvalue weighted by atomic mass is 9.75. The van der Waals surface area contributed by atoms with Crippen LogP contribution in [0.15, 0.2) is 36.4 Å². The molecule has 31 heavy (non-hydrogen) atoms. The van der Waals surface area contributed by atoms with Gasteiger partial charge in [-0.15, -0.1) is 0 Å².